The Hall–Kier alpha value is -1.82. The van der Waals surface area contributed by atoms with E-state index in [2.05, 4.69) is 72.0 Å². The molecule has 3 aliphatic rings. The number of amides is 1. The summed E-state index contributed by atoms with van der Waals surface area (Å²) in [6.07, 6.45) is 10.2. The van der Waals surface area contributed by atoms with Crippen molar-refractivity contribution in [2.24, 2.45) is 17.8 Å². The molecule has 3 aliphatic carbocycles. The minimum absolute atomic E-state index is 0.123. The molecule has 34 heavy (non-hydrogen) atoms. The second-order valence-electron chi connectivity index (χ2n) is 11.9. The fourth-order valence-electron chi connectivity index (χ4n) is 6.62. The van der Waals surface area contributed by atoms with Crippen molar-refractivity contribution >= 4 is 17.7 Å². The van der Waals surface area contributed by atoms with Gasteiger partial charge in [-0.2, -0.15) is 0 Å². The monoisotopic (exact) mass is 480 g/mol. The van der Waals surface area contributed by atoms with Crippen LogP contribution in [0.15, 0.2) is 29.4 Å². The van der Waals surface area contributed by atoms with E-state index >= 15 is 0 Å². The summed E-state index contributed by atoms with van der Waals surface area (Å²) >= 11 is 1.54. The largest absolute Gasteiger partial charge is 0.353 e. The van der Waals surface area contributed by atoms with Gasteiger partial charge in [-0.25, -0.2) is 0 Å². The molecule has 184 valence electrons. The average Bonchev–Trinajstić information content (AvgIpc) is 3.61. The highest BCUT2D eigenvalue weighted by molar-refractivity contribution is 7.99. The zero-order chi connectivity index (χ0) is 23.9. The molecule has 1 heterocycles. The molecule has 0 saturated heterocycles. The predicted molar refractivity (Wildman–Crippen MR) is 139 cm³/mol. The molecule has 3 fully saturated rings. The molecule has 3 saturated carbocycles. The van der Waals surface area contributed by atoms with Gasteiger partial charge in [0.05, 0.1) is 5.75 Å². The van der Waals surface area contributed by atoms with E-state index in [-0.39, 0.29) is 17.4 Å². The molecular weight excluding hydrogens is 440 g/mol. The van der Waals surface area contributed by atoms with Crippen LogP contribution in [0.2, 0.25) is 0 Å². The third kappa shape index (κ3) is 4.93. The van der Waals surface area contributed by atoms with Gasteiger partial charge in [-0.15, -0.1) is 10.2 Å². The molecule has 5 nitrogen and oxygen atoms in total. The summed E-state index contributed by atoms with van der Waals surface area (Å²) in [7, 11) is 0. The van der Waals surface area contributed by atoms with E-state index in [9.17, 15) is 4.79 Å². The third-order valence-corrected chi connectivity index (χ3v) is 9.46. The average molecular weight is 481 g/mol. The standard InChI is InChI=1S/C28H40N4OS/c1-18(24-16-19-9-10-21(24)15-19)29-25(33)17-34-27-31-30-26(32(27)23-7-5-6-8-23)20-11-13-22(14-12-20)28(2,3)4/h11-14,18-19,21,23-24H,5-10,15-17H2,1-4H3,(H,29,33)/t18-,19+,21+,24-/m1/s1. The molecular formula is C28H40N4OS. The molecule has 5 rings (SSSR count). The fourth-order valence-corrected chi connectivity index (χ4v) is 7.44. The van der Waals surface area contributed by atoms with Gasteiger partial charge in [-0.1, -0.05) is 76.1 Å². The third-order valence-electron chi connectivity index (χ3n) is 8.52. The minimum atomic E-state index is 0.123. The number of nitrogens with zero attached hydrogens (tertiary/aromatic N) is 3. The Morgan fingerprint density at radius 3 is 2.44 bits per heavy atom. The normalized spacial score (nSPS) is 25.7. The van der Waals surface area contributed by atoms with Gasteiger partial charge >= 0.3 is 0 Å². The van der Waals surface area contributed by atoms with Gasteiger partial charge in [0.25, 0.3) is 0 Å². The smallest absolute Gasteiger partial charge is 0.230 e. The van der Waals surface area contributed by atoms with Gasteiger partial charge in [0.1, 0.15) is 0 Å². The van der Waals surface area contributed by atoms with E-state index in [4.69, 9.17) is 0 Å². The van der Waals surface area contributed by atoms with Gasteiger partial charge in [0, 0.05) is 17.6 Å². The summed E-state index contributed by atoms with van der Waals surface area (Å²) < 4.78 is 2.32. The molecule has 0 spiro atoms. The van der Waals surface area contributed by atoms with Crippen molar-refractivity contribution in [3.05, 3.63) is 29.8 Å². The highest BCUT2D eigenvalue weighted by Gasteiger charge is 2.42. The number of aromatic nitrogens is 3. The lowest BCUT2D eigenvalue weighted by atomic mass is 9.84. The Kier molecular flexibility index (Phi) is 6.80. The highest BCUT2D eigenvalue weighted by atomic mass is 32.2. The number of carbonyl (C=O) groups is 1. The van der Waals surface area contributed by atoms with Crippen molar-refractivity contribution in [3.8, 4) is 11.4 Å². The van der Waals surface area contributed by atoms with Crippen LogP contribution in [0.1, 0.15) is 90.7 Å². The SMILES string of the molecule is C[C@@H](NC(=O)CSc1nnc(-c2ccc(C(C)(C)C)cc2)n1C1CCCC1)[C@H]1C[C@H]2CC[C@H]1C2. The summed E-state index contributed by atoms with van der Waals surface area (Å²) in [6.45, 7) is 8.91. The molecule has 0 aliphatic heterocycles. The Balaban J connectivity index is 1.28. The first-order valence-corrected chi connectivity index (χ1v) is 14.3. The van der Waals surface area contributed by atoms with Crippen LogP contribution in [0.3, 0.4) is 0 Å². The lowest BCUT2D eigenvalue weighted by Gasteiger charge is -2.28. The molecule has 0 unspecified atom stereocenters. The Bertz CT molecular complexity index is 1000. The van der Waals surface area contributed by atoms with E-state index in [0.717, 1.165) is 41.2 Å². The number of nitrogens with one attached hydrogen (secondary N) is 1. The zero-order valence-electron chi connectivity index (χ0n) is 21.2. The van der Waals surface area contributed by atoms with Crippen LogP contribution in [0.4, 0.5) is 0 Å². The molecule has 2 aromatic rings. The summed E-state index contributed by atoms with van der Waals surface area (Å²) in [5.41, 5.74) is 2.55. The molecule has 1 aromatic heterocycles. The van der Waals surface area contributed by atoms with Crippen molar-refractivity contribution in [3.63, 3.8) is 0 Å². The van der Waals surface area contributed by atoms with Crippen LogP contribution in [0.25, 0.3) is 11.4 Å². The molecule has 1 aromatic carbocycles. The fraction of sp³-hybridized carbons (Fsp3) is 0.679. The quantitative estimate of drug-likeness (QED) is 0.466. The number of hydrogen-bond donors (Lipinski definition) is 1. The Morgan fingerprint density at radius 1 is 1.09 bits per heavy atom. The first-order valence-electron chi connectivity index (χ1n) is 13.3. The van der Waals surface area contributed by atoms with Crippen LogP contribution < -0.4 is 5.32 Å². The van der Waals surface area contributed by atoms with Crippen LogP contribution in [0, 0.1) is 17.8 Å². The summed E-state index contributed by atoms with van der Waals surface area (Å²) in [5, 5.41) is 13.4. The van der Waals surface area contributed by atoms with Crippen molar-refractivity contribution in [2.45, 2.75) is 102 Å². The van der Waals surface area contributed by atoms with Crippen molar-refractivity contribution in [1.82, 2.24) is 20.1 Å². The molecule has 1 amide bonds. The topological polar surface area (TPSA) is 59.8 Å². The second kappa shape index (κ2) is 9.67. The van der Waals surface area contributed by atoms with Gasteiger partial charge < -0.3 is 5.32 Å². The summed E-state index contributed by atoms with van der Waals surface area (Å²) in [4.78, 5) is 12.8. The molecule has 1 N–H and O–H groups in total. The highest BCUT2D eigenvalue weighted by Crippen LogP contribution is 2.49. The summed E-state index contributed by atoms with van der Waals surface area (Å²) in [6, 6.07) is 9.46. The first kappa shape index (κ1) is 23.9. The summed E-state index contributed by atoms with van der Waals surface area (Å²) in [5.74, 6) is 3.86. The number of rotatable bonds is 7. The van der Waals surface area contributed by atoms with E-state index in [1.54, 1.807) is 11.8 Å². The van der Waals surface area contributed by atoms with E-state index in [0.29, 0.717) is 17.7 Å². The minimum Gasteiger partial charge on any atom is -0.353 e. The van der Waals surface area contributed by atoms with Gasteiger partial charge in [0.15, 0.2) is 11.0 Å². The van der Waals surface area contributed by atoms with E-state index < -0.39 is 0 Å². The Labute approximate surface area is 208 Å². The lowest BCUT2D eigenvalue weighted by molar-refractivity contribution is -0.119. The van der Waals surface area contributed by atoms with Gasteiger partial charge in [-0.05, 0) is 67.8 Å². The predicted octanol–water partition coefficient (Wildman–Crippen LogP) is 6.39. The number of hydrogen-bond acceptors (Lipinski definition) is 4. The molecule has 0 radical (unpaired) electrons. The second-order valence-corrected chi connectivity index (χ2v) is 12.9. The van der Waals surface area contributed by atoms with Crippen molar-refractivity contribution in [2.75, 3.05) is 5.75 Å². The van der Waals surface area contributed by atoms with E-state index in [1.165, 1.54) is 44.1 Å². The molecule has 6 heteroatoms. The number of carbonyl (C=O) groups excluding carboxylic acids is 1. The maximum Gasteiger partial charge on any atom is 0.230 e. The number of fused-ring (bicyclic) bond motifs is 2. The van der Waals surface area contributed by atoms with Crippen LogP contribution in [0.5, 0.6) is 0 Å². The van der Waals surface area contributed by atoms with Gasteiger partial charge in [0.2, 0.25) is 5.91 Å². The zero-order valence-corrected chi connectivity index (χ0v) is 22.0. The molecule has 2 bridgehead atoms. The maximum absolute atomic E-state index is 12.8. The Morgan fingerprint density at radius 2 is 1.82 bits per heavy atom. The van der Waals surface area contributed by atoms with Crippen molar-refractivity contribution in [1.29, 1.82) is 0 Å². The molecule has 4 atom stereocenters. The van der Waals surface area contributed by atoms with Crippen LogP contribution in [-0.4, -0.2) is 32.5 Å². The van der Waals surface area contributed by atoms with Gasteiger partial charge in [-0.3, -0.25) is 9.36 Å². The lowest BCUT2D eigenvalue weighted by Crippen LogP contribution is -2.41. The number of thioether (sulfide) groups is 1. The van der Waals surface area contributed by atoms with Crippen molar-refractivity contribution < 1.29 is 4.79 Å². The first-order chi connectivity index (χ1) is 16.3. The van der Waals surface area contributed by atoms with Crippen LogP contribution in [-0.2, 0) is 10.2 Å². The van der Waals surface area contributed by atoms with E-state index in [1.807, 2.05) is 0 Å². The maximum atomic E-state index is 12.8. The van der Waals surface area contributed by atoms with Crippen LogP contribution >= 0.6 is 11.8 Å². The number of benzene rings is 1.